The zero-order chi connectivity index (χ0) is 22.0. The van der Waals surface area contributed by atoms with Crippen LogP contribution in [0.4, 0.5) is 0 Å². The van der Waals surface area contributed by atoms with Gasteiger partial charge in [0.05, 0.1) is 18.5 Å². The van der Waals surface area contributed by atoms with Gasteiger partial charge in [0.2, 0.25) is 5.89 Å². The third kappa shape index (κ3) is 4.54. The minimum absolute atomic E-state index is 0.660. The molecule has 0 N–H and O–H groups in total. The first-order valence-corrected chi connectivity index (χ1v) is 10.3. The molecule has 0 unspecified atom stereocenters. The number of hydrogen-bond acceptors (Lipinski definition) is 5. The molecule has 0 spiro atoms. The molecule has 0 aliphatic heterocycles. The van der Waals surface area contributed by atoms with Gasteiger partial charge in [0.1, 0.15) is 11.5 Å². The number of hydrogen-bond donors (Lipinski definition) is 0. The summed E-state index contributed by atoms with van der Waals surface area (Å²) in [5, 5.41) is 4.27. The van der Waals surface area contributed by atoms with E-state index in [0.717, 1.165) is 46.1 Å². The highest BCUT2D eigenvalue weighted by molar-refractivity contribution is 5.62. The Hall–Kier alpha value is -3.38. The van der Waals surface area contributed by atoms with Crippen molar-refractivity contribution in [3.63, 3.8) is 0 Å². The number of aromatic nitrogens is 3. The molecule has 0 aliphatic rings. The van der Waals surface area contributed by atoms with Crippen LogP contribution in [0, 0.1) is 20.8 Å². The molecule has 31 heavy (non-hydrogen) atoms. The van der Waals surface area contributed by atoms with Gasteiger partial charge in [-0.25, -0.2) is 9.67 Å². The summed E-state index contributed by atoms with van der Waals surface area (Å²) in [5.74, 6) is 2.39. The van der Waals surface area contributed by atoms with E-state index in [2.05, 4.69) is 54.3 Å². The van der Waals surface area contributed by atoms with Crippen LogP contribution >= 0.6 is 0 Å². The van der Waals surface area contributed by atoms with Crippen molar-refractivity contribution in [2.24, 2.45) is 0 Å². The van der Waals surface area contributed by atoms with Crippen molar-refractivity contribution in [3.8, 4) is 22.9 Å². The fourth-order valence-corrected chi connectivity index (χ4v) is 3.73. The topological polar surface area (TPSA) is 56.3 Å². The summed E-state index contributed by atoms with van der Waals surface area (Å²) in [5.41, 5.74) is 6.40. The van der Waals surface area contributed by atoms with Crippen LogP contribution in [0.3, 0.4) is 0 Å². The lowest BCUT2D eigenvalue weighted by atomic mass is 10.0. The predicted octanol–water partition coefficient (Wildman–Crippen LogP) is 5.09. The Kier molecular flexibility index (Phi) is 5.91. The SMILES string of the molecule is COc1cc(C)c(-c2nc(CN(C)Cc3ccc(-n4cccn4)cc3)c(C)o2)cc1C. The van der Waals surface area contributed by atoms with Crippen molar-refractivity contribution in [1.29, 1.82) is 0 Å². The van der Waals surface area contributed by atoms with E-state index in [0.29, 0.717) is 12.4 Å². The van der Waals surface area contributed by atoms with Crippen molar-refractivity contribution < 1.29 is 9.15 Å². The van der Waals surface area contributed by atoms with Gasteiger partial charge in [-0.2, -0.15) is 5.10 Å². The first kappa shape index (κ1) is 20.9. The van der Waals surface area contributed by atoms with Gasteiger partial charge < -0.3 is 9.15 Å². The zero-order valence-electron chi connectivity index (χ0n) is 18.7. The molecule has 6 heteroatoms. The van der Waals surface area contributed by atoms with Gasteiger partial charge in [-0.1, -0.05) is 12.1 Å². The quantitative estimate of drug-likeness (QED) is 0.420. The molecule has 0 bridgehead atoms. The monoisotopic (exact) mass is 416 g/mol. The molecule has 160 valence electrons. The highest BCUT2D eigenvalue weighted by atomic mass is 16.5. The smallest absolute Gasteiger partial charge is 0.226 e. The molecule has 4 rings (SSSR count). The number of benzene rings is 2. The molecule has 4 aromatic rings. The Morgan fingerprint density at radius 2 is 1.81 bits per heavy atom. The summed E-state index contributed by atoms with van der Waals surface area (Å²) in [6.07, 6.45) is 3.73. The average Bonchev–Trinajstić information content (AvgIpc) is 3.40. The Morgan fingerprint density at radius 3 is 2.48 bits per heavy atom. The number of aryl methyl sites for hydroxylation is 3. The lowest BCUT2D eigenvalue weighted by Crippen LogP contribution is -2.18. The van der Waals surface area contributed by atoms with Crippen molar-refractivity contribution >= 4 is 0 Å². The van der Waals surface area contributed by atoms with E-state index in [1.54, 1.807) is 13.3 Å². The second kappa shape index (κ2) is 8.78. The highest BCUT2D eigenvalue weighted by Crippen LogP contribution is 2.31. The van der Waals surface area contributed by atoms with E-state index in [4.69, 9.17) is 14.1 Å². The molecule has 2 heterocycles. The Morgan fingerprint density at radius 1 is 1.03 bits per heavy atom. The standard InChI is InChI=1S/C25H28N4O2/c1-17-14-24(30-5)18(2)13-22(17)25-27-23(19(3)31-25)16-28(4)15-20-7-9-21(10-8-20)29-12-6-11-26-29/h6-14H,15-16H2,1-5H3. The molecule has 0 fully saturated rings. The molecular formula is C25H28N4O2. The Labute approximate surface area is 183 Å². The summed E-state index contributed by atoms with van der Waals surface area (Å²) in [6, 6.07) is 14.5. The van der Waals surface area contributed by atoms with Crippen molar-refractivity contribution in [1.82, 2.24) is 19.7 Å². The number of oxazole rings is 1. The van der Waals surface area contributed by atoms with Crippen LogP contribution in [0.1, 0.15) is 28.1 Å². The summed E-state index contributed by atoms with van der Waals surface area (Å²) in [7, 11) is 3.79. The second-order valence-electron chi connectivity index (χ2n) is 7.95. The van der Waals surface area contributed by atoms with E-state index >= 15 is 0 Å². The fraction of sp³-hybridized carbons (Fsp3) is 0.280. The minimum Gasteiger partial charge on any atom is -0.496 e. The first-order valence-electron chi connectivity index (χ1n) is 10.3. The summed E-state index contributed by atoms with van der Waals surface area (Å²) >= 11 is 0. The molecule has 0 saturated carbocycles. The average molecular weight is 417 g/mol. The molecular weight excluding hydrogens is 388 g/mol. The lowest BCUT2D eigenvalue weighted by molar-refractivity contribution is 0.313. The maximum Gasteiger partial charge on any atom is 0.226 e. The summed E-state index contributed by atoms with van der Waals surface area (Å²) in [6.45, 7) is 7.59. The van der Waals surface area contributed by atoms with Gasteiger partial charge in [0, 0.05) is 31.0 Å². The van der Waals surface area contributed by atoms with Gasteiger partial charge in [-0.05, 0) is 74.8 Å². The van der Waals surface area contributed by atoms with Crippen LogP contribution in [0.5, 0.6) is 5.75 Å². The normalized spacial score (nSPS) is 11.3. The van der Waals surface area contributed by atoms with E-state index in [9.17, 15) is 0 Å². The minimum atomic E-state index is 0.660. The zero-order valence-corrected chi connectivity index (χ0v) is 18.7. The Balaban J connectivity index is 1.46. The van der Waals surface area contributed by atoms with Crippen molar-refractivity contribution in [3.05, 3.63) is 83.0 Å². The van der Waals surface area contributed by atoms with Gasteiger partial charge in [0.25, 0.3) is 0 Å². The second-order valence-corrected chi connectivity index (χ2v) is 7.95. The van der Waals surface area contributed by atoms with Crippen LogP contribution < -0.4 is 4.74 Å². The van der Waals surface area contributed by atoms with Crippen LogP contribution in [-0.4, -0.2) is 33.8 Å². The number of rotatable bonds is 7. The molecule has 2 aromatic carbocycles. The van der Waals surface area contributed by atoms with E-state index in [-0.39, 0.29) is 0 Å². The van der Waals surface area contributed by atoms with Crippen LogP contribution in [0.15, 0.2) is 59.3 Å². The highest BCUT2D eigenvalue weighted by Gasteiger charge is 2.16. The van der Waals surface area contributed by atoms with E-state index < -0.39 is 0 Å². The summed E-state index contributed by atoms with van der Waals surface area (Å²) in [4.78, 5) is 7.05. The fourth-order valence-electron chi connectivity index (χ4n) is 3.73. The largest absolute Gasteiger partial charge is 0.496 e. The third-order valence-corrected chi connectivity index (χ3v) is 5.44. The van der Waals surface area contributed by atoms with Gasteiger partial charge in [-0.3, -0.25) is 4.90 Å². The first-order chi connectivity index (χ1) is 14.9. The van der Waals surface area contributed by atoms with Crippen molar-refractivity contribution in [2.75, 3.05) is 14.2 Å². The van der Waals surface area contributed by atoms with E-state index in [1.807, 2.05) is 36.9 Å². The molecule has 0 radical (unpaired) electrons. The third-order valence-electron chi connectivity index (χ3n) is 5.44. The van der Waals surface area contributed by atoms with Gasteiger partial charge in [-0.15, -0.1) is 0 Å². The van der Waals surface area contributed by atoms with Gasteiger partial charge in [0.15, 0.2) is 0 Å². The molecule has 0 aliphatic carbocycles. The van der Waals surface area contributed by atoms with E-state index in [1.165, 1.54) is 5.56 Å². The number of ether oxygens (including phenoxy) is 1. The molecule has 2 aromatic heterocycles. The Bertz CT molecular complexity index is 1160. The number of methoxy groups -OCH3 is 1. The van der Waals surface area contributed by atoms with Gasteiger partial charge >= 0.3 is 0 Å². The number of nitrogens with zero attached hydrogens (tertiary/aromatic N) is 4. The van der Waals surface area contributed by atoms with Crippen LogP contribution in [0.25, 0.3) is 17.1 Å². The summed E-state index contributed by atoms with van der Waals surface area (Å²) < 4.78 is 13.3. The predicted molar refractivity (Wildman–Crippen MR) is 121 cm³/mol. The van der Waals surface area contributed by atoms with Crippen LogP contribution in [-0.2, 0) is 13.1 Å². The lowest BCUT2D eigenvalue weighted by Gasteiger charge is -2.16. The molecule has 0 atom stereocenters. The van der Waals surface area contributed by atoms with Crippen LogP contribution in [0.2, 0.25) is 0 Å². The molecule has 0 saturated heterocycles. The maximum absolute atomic E-state index is 6.03. The molecule has 0 amide bonds. The maximum atomic E-state index is 6.03. The van der Waals surface area contributed by atoms with Crippen molar-refractivity contribution in [2.45, 2.75) is 33.9 Å². The molecule has 6 nitrogen and oxygen atoms in total.